The molecule has 0 amide bonds. The molecule has 9 rings (SSSR count). The van der Waals surface area contributed by atoms with Crippen molar-refractivity contribution in [3.05, 3.63) is 226 Å². The van der Waals surface area contributed by atoms with Gasteiger partial charge in [-0.25, -0.2) is 0 Å². The molecule has 0 saturated carbocycles. The van der Waals surface area contributed by atoms with Crippen molar-refractivity contribution in [3.63, 3.8) is 0 Å². The van der Waals surface area contributed by atoms with Crippen molar-refractivity contribution in [1.29, 1.82) is 0 Å². The minimum atomic E-state index is 0.902. The Morgan fingerprint density at radius 3 is 2.11 bits per heavy atom. The first kappa shape index (κ1) is 41.8. The number of anilines is 2. The molecule has 3 heterocycles. The van der Waals surface area contributed by atoms with Crippen molar-refractivity contribution in [2.24, 2.45) is 0 Å². The van der Waals surface area contributed by atoms with Gasteiger partial charge in [0.15, 0.2) is 0 Å². The predicted molar refractivity (Wildman–Crippen MR) is 286 cm³/mol. The van der Waals surface area contributed by atoms with Gasteiger partial charge in [-0.2, -0.15) is 0 Å². The van der Waals surface area contributed by atoms with Crippen LogP contribution >= 0.6 is 34.0 Å². The van der Waals surface area contributed by atoms with Gasteiger partial charge in [0.25, 0.3) is 0 Å². The number of thiophene rings is 3. The van der Waals surface area contributed by atoms with Crippen LogP contribution in [-0.4, -0.2) is 0 Å². The average Bonchev–Trinajstić information content (AvgIpc) is 3.94. The lowest BCUT2D eigenvalue weighted by Gasteiger charge is -2.22. The number of fused-ring (bicyclic) bond motifs is 5. The standard InChI is InChI=1S/C59H49NS3/c1-6-11-18-49-51-33-25-42(26-34-57(51)61-55(49)10-5)41-21-29-46(30-22-41)60(37-14-17-40(15-7-2)44-27-36-59-53(38-44)50-19-12-13-20-56(50)63-59)47-31-23-43(24-32-47)45-28-35-58-52(39-45)48(16-8-3)54(9-4)62-58/h6-17,19-32,34-39H,4-5,18,33H2,1-3H3/b11-6-,15-7-,16-8-,37-14+,40-17+. The molecule has 308 valence electrons. The fourth-order valence-electron chi connectivity index (χ4n) is 8.50. The third-order valence-corrected chi connectivity index (χ3v) is 15.2. The van der Waals surface area contributed by atoms with Crippen molar-refractivity contribution < 1.29 is 0 Å². The minimum absolute atomic E-state index is 0.902. The molecule has 1 aliphatic rings. The highest BCUT2D eigenvalue weighted by Gasteiger charge is 2.17. The molecule has 4 heteroatoms. The molecule has 1 aliphatic carbocycles. The molecule has 0 radical (unpaired) electrons. The van der Waals surface area contributed by atoms with Gasteiger partial charge in [0, 0.05) is 62.5 Å². The van der Waals surface area contributed by atoms with Gasteiger partial charge in [-0.3, -0.25) is 0 Å². The van der Waals surface area contributed by atoms with E-state index in [1.165, 1.54) is 89.4 Å². The lowest BCUT2D eigenvalue weighted by molar-refractivity contribution is 1.17. The van der Waals surface area contributed by atoms with Crippen LogP contribution < -0.4 is 4.90 Å². The van der Waals surface area contributed by atoms with E-state index in [1.807, 2.05) is 34.8 Å². The number of rotatable bonds is 13. The van der Waals surface area contributed by atoms with Gasteiger partial charge < -0.3 is 4.90 Å². The van der Waals surface area contributed by atoms with E-state index in [9.17, 15) is 0 Å². The highest BCUT2D eigenvalue weighted by atomic mass is 32.1. The van der Waals surface area contributed by atoms with Gasteiger partial charge in [0.1, 0.15) is 0 Å². The van der Waals surface area contributed by atoms with E-state index in [0.29, 0.717) is 0 Å². The van der Waals surface area contributed by atoms with Crippen LogP contribution in [0.4, 0.5) is 11.4 Å². The van der Waals surface area contributed by atoms with Gasteiger partial charge in [0.05, 0.1) is 0 Å². The number of nitrogens with zero attached hydrogens (tertiary/aromatic N) is 1. The van der Waals surface area contributed by atoms with E-state index in [0.717, 1.165) is 29.8 Å². The number of hydrogen-bond acceptors (Lipinski definition) is 4. The summed E-state index contributed by atoms with van der Waals surface area (Å²) in [5.41, 5.74) is 13.4. The van der Waals surface area contributed by atoms with Crippen LogP contribution in [0.2, 0.25) is 0 Å². The zero-order chi connectivity index (χ0) is 43.3. The number of benzene rings is 5. The molecule has 0 spiro atoms. The summed E-state index contributed by atoms with van der Waals surface area (Å²) in [7, 11) is 0. The minimum Gasteiger partial charge on any atom is -0.317 e. The third kappa shape index (κ3) is 8.50. The summed E-state index contributed by atoms with van der Waals surface area (Å²) in [6.45, 7) is 14.4. The molecule has 0 aliphatic heterocycles. The fraction of sp³-hybridized carbons (Fsp3) is 0.0847. The predicted octanol–water partition coefficient (Wildman–Crippen LogP) is 18.4. The zero-order valence-electron chi connectivity index (χ0n) is 36.0. The van der Waals surface area contributed by atoms with Crippen molar-refractivity contribution in [3.8, 4) is 11.1 Å². The first-order valence-corrected chi connectivity index (χ1v) is 24.0. The Morgan fingerprint density at radius 1 is 0.651 bits per heavy atom. The molecule has 0 bridgehead atoms. The zero-order valence-corrected chi connectivity index (χ0v) is 38.4. The van der Waals surface area contributed by atoms with Gasteiger partial charge >= 0.3 is 0 Å². The molecule has 0 saturated heterocycles. The Kier molecular flexibility index (Phi) is 12.5. The van der Waals surface area contributed by atoms with Gasteiger partial charge in [-0.1, -0.05) is 135 Å². The highest BCUT2D eigenvalue weighted by molar-refractivity contribution is 7.25. The van der Waals surface area contributed by atoms with Crippen LogP contribution in [-0.2, 0) is 12.8 Å². The summed E-state index contributed by atoms with van der Waals surface area (Å²) in [6.07, 6.45) is 32.3. The van der Waals surface area contributed by atoms with Crippen LogP contribution in [0.15, 0.2) is 183 Å². The SMILES string of the molecule is C=Cc1sc2c(c1C/C=C\C)CC=C(c1ccc(N(/C=C/C=C(\C=C/C)c3ccc4sc5ccccc5c4c3)c3ccc(-c4ccc5sc(C=C)c(/C=C\C)c5c4)cc3)cc1)C=C2. The van der Waals surface area contributed by atoms with Crippen molar-refractivity contribution in [2.75, 3.05) is 4.90 Å². The summed E-state index contributed by atoms with van der Waals surface area (Å²) < 4.78 is 3.90. The summed E-state index contributed by atoms with van der Waals surface area (Å²) >= 11 is 5.49. The van der Waals surface area contributed by atoms with Crippen LogP contribution in [0.25, 0.3) is 76.8 Å². The van der Waals surface area contributed by atoms with Crippen LogP contribution in [0.1, 0.15) is 63.2 Å². The Labute approximate surface area is 384 Å². The fourth-order valence-corrected chi connectivity index (χ4v) is 11.7. The van der Waals surface area contributed by atoms with E-state index in [1.54, 1.807) is 11.3 Å². The maximum Gasteiger partial charge on any atom is 0.0455 e. The second-order valence-electron chi connectivity index (χ2n) is 15.5. The van der Waals surface area contributed by atoms with E-state index in [4.69, 9.17) is 0 Å². The van der Waals surface area contributed by atoms with Crippen molar-refractivity contribution in [1.82, 2.24) is 0 Å². The molecule has 0 N–H and O–H groups in total. The van der Waals surface area contributed by atoms with Crippen molar-refractivity contribution >= 4 is 111 Å². The molecule has 0 fully saturated rings. The largest absolute Gasteiger partial charge is 0.317 e. The van der Waals surface area contributed by atoms with Gasteiger partial charge in [-0.15, -0.1) is 34.0 Å². The average molecular weight is 868 g/mol. The molecular weight excluding hydrogens is 819 g/mol. The lowest BCUT2D eigenvalue weighted by atomic mass is 10.0. The third-order valence-electron chi connectivity index (χ3n) is 11.7. The van der Waals surface area contributed by atoms with E-state index in [-0.39, 0.29) is 0 Å². The first-order chi connectivity index (χ1) is 31.0. The summed E-state index contributed by atoms with van der Waals surface area (Å²) in [5, 5.41) is 3.88. The molecular formula is C59H49NS3. The monoisotopic (exact) mass is 867 g/mol. The quantitative estimate of drug-likeness (QED) is 0.0824. The molecule has 8 aromatic rings. The Balaban J connectivity index is 1.06. The van der Waals surface area contributed by atoms with Gasteiger partial charge in [-0.05, 0) is 150 Å². The highest BCUT2D eigenvalue weighted by Crippen LogP contribution is 2.39. The second-order valence-corrected chi connectivity index (χ2v) is 18.7. The summed E-state index contributed by atoms with van der Waals surface area (Å²) in [5.74, 6) is 0. The molecule has 0 unspecified atom stereocenters. The Morgan fingerprint density at radius 2 is 1.37 bits per heavy atom. The van der Waals surface area contributed by atoms with Crippen LogP contribution in [0, 0.1) is 0 Å². The molecule has 0 atom stereocenters. The molecule has 5 aromatic carbocycles. The summed E-state index contributed by atoms with van der Waals surface area (Å²) in [6, 6.07) is 40.3. The number of hydrogen-bond donors (Lipinski definition) is 0. The van der Waals surface area contributed by atoms with Crippen LogP contribution in [0.3, 0.4) is 0 Å². The molecule has 63 heavy (non-hydrogen) atoms. The molecule has 1 nitrogen and oxygen atoms in total. The van der Waals surface area contributed by atoms with E-state index < -0.39 is 0 Å². The Hall–Kier alpha value is -6.56. The normalized spacial score (nSPS) is 13.3. The second kappa shape index (κ2) is 18.8. The van der Waals surface area contributed by atoms with E-state index >= 15 is 0 Å². The summed E-state index contributed by atoms with van der Waals surface area (Å²) in [4.78, 5) is 6.10. The first-order valence-electron chi connectivity index (χ1n) is 21.5. The smallest absolute Gasteiger partial charge is 0.0455 e. The lowest BCUT2D eigenvalue weighted by Crippen LogP contribution is -2.08. The van der Waals surface area contributed by atoms with Crippen LogP contribution in [0.5, 0.6) is 0 Å². The maximum atomic E-state index is 4.11. The maximum absolute atomic E-state index is 4.11. The Bertz CT molecular complexity index is 3220. The van der Waals surface area contributed by atoms with Crippen molar-refractivity contribution in [2.45, 2.75) is 33.6 Å². The molecule has 3 aromatic heterocycles. The van der Waals surface area contributed by atoms with Gasteiger partial charge in [0.2, 0.25) is 0 Å². The number of allylic oxidation sites excluding steroid dienone is 11. The topological polar surface area (TPSA) is 3.24 Å². The van der Waals surface area contributed by atoms with E-state index in [2.05, 4.69) is 221 Å².